The van der Waals surface area contributed by atoms with E-state index >= 15 is 0 Å². The summed E-state index contributed by atoms with van der Waals surface area (Å²) in [7, 11) is 0. The van der Waals surface area contributed by atoms with E-state index in [0.717, 1.165) is 0 Å². The first kappa shape index (κ1) is 11.8. The highest BCUT2D eigenvalue weighted by Crippen LogP contribution is 2.19. The molecule has 0 bridgehead atoms. The molecule has 0 aromatic carbocycles. The molecule has 1 heterocycles. The van der Waals surface area contributed by atoms with Gasteiger partial charge in [0.1, 0.15) is 30.6 Å². The van der Waals surface area contributed by atoms with Crippen molar-refractivity contribution in [1.29, 1.82) is 0 Å². The van der Waals surface area contributed by atoms with Gasteiger partial charge >= 0.3 is 0 Å². The molecule has 1 rings (SSSR count). The second-order valence-corrected chi connectivity index (χ2v) is 3.31. The maximum absolute atomic E-state index is 9.47. The Labute approximate surface area is 82.1 Å². The molecule has 0 amide bonds. The molecule has 1 fully saturated rings. The number of likely N-dealkylation sites (N-methyl/N-ethyl adjacent to an activating group) is 1. The van der Waals surface area contributed by atoms with Crippen LogP contribution in [0, 0.1) is 0 Å². The third-order valence-corrected chi connectivity index (χ3v) is 2.30. The molecule has 0 aromatic heterocycles. The zero-order valence-corrected chi connectivity index (χ0v) is 8.00. The summed E-state index contributed by atoms with van der Waals surface area (Å²) in [5, 5.41) is 39.9. The zero-order chi connectivity index (χ0) is 10.7. The minimum Gasteiger partial charge on any atom is -0.394 e. The zero-order valence-electron chi connectivity index (χ0n) is 8.00. The van der Waals surface area contributed by atoms with Gasteiger partial charge in [0.2, 0.25) is 0 Å². The van der Waals surface area contributed by atoms with Crippen LogP contribution in [0.1, 0.15) is 6.92 Å². The maximum atomic E-state index is 9.47. The lowest BCUT2D eigenvalue weighted by atomic mass is 9.98. The Morgan fingerprint density at radius 2 is 1.79 bits per heavy atom. The number of hydrogen-bond acceptors (Lipinski definition) is 6. The summed E-state index contributed by atoms with van der Waals surface area (Å²) in [5.74, 6) is 0. The summed E-state index contributed by atoms with van der Waals surface area (Å²) < 4.78 is 5.15. The van der Waals surface area contributed by atoms with Gasteiger partial charge in [-0.3, -0.25) is 5.32 Å². The van der Waals surface area contributed by atoms with E-state index in [1.165, 1.54) is 0 Å². The van der Waals surface area contributed by atoms with Crippen LogP contribution >= 0.6 is 0 Å². The van der Waals surface area contributed by atoms with Crippen LogP contribution < -0.4 is 5.32 Å². The molecule has 6 heteroatoms. The van der Waals surface area contributed by atoms with Crippen molar-refractivity contribution in [3.05, 3.63) is 0 Å². The van der Waals surface area contributed by atoms with Crippen molar-refractivity contribution >= 4 is 0 Å². The van der Waals surface area contributed by atoms with E-state index in [-0.39, 0.29) is 0 Å². The highest BCUT2D eigenvalue weighted by atomic mass is 16.6. The Hall–Kier alpha value is -0.240. The topological polar surface area (TPSA) is 102 Å². The van der Waals surface area contributed by atoms with E-state index in [1.54, 1.807) is 0 Å². The lowest BCUT2D eigenvalue weighted by Crippen LogP contribution is -2.62. The Morgan fingerprint density at radius 1 is 1.14 bits per heavy atom. The van der Waals surface area contributed by atoms with Gasteiger partial charge in [-0.1, -0.05) is 6.92 Å². The molecule has 0 radical (unpaired) electrons. The number of nitrogens with one attached hydrogen (secondary N) is 1. The molecule has 1 saturated heterocycles. The fraction of sp³-hybridized carbons (Fsp3) is 1.00. The Balaban J connectivity index is 2.63. The first-order valence-electron chi connectivity index (χ1n) is 4.65. The molecule has 6 nitrogen and oxygen atoms in total. The van der Waals surface area contributed by atoms with Crippen LogP contribution in [0.25, 0.3) is 0 Å². The SMILES string of the molecule is CCN[C@H]1O[C@H](CO)[C@@H](O)[C@H](O)[C@H]1O. The smallest absolute Gasteiger partial charge is 0.137 e. The molecule has 1 aliphatic rings. The minimum atomic E-state index is -1.30. The Bertz CT molecular complexity index is 175. The van der Waals surface area contributed by atoms with E-state index in [1.807, 2.05) is 6.92 Å². The highest BCUT2D eigenvalue weighted by Gasteiger charge is 2.42. The second kappa shape index (κ2) is 5.01. The molecule has 0 spiro atoms. The van der Waals surface area contributed by atoms with E-state index < -0.39 is 37.3 Å². The fourth-order valence-corrected chi connectivity index (χ4v) is 1.47. The van der Waals surface area contributed by atoms with Crippen LogP contribution in [0.5, 0.6) is 0 Å². The van der Waals surface area contributed by atoms with Gasteiger partial charge in [-0.15, -0.1) is 0 Å². The number of rotatable bonds is 3. The molecule has 1 aliphatic heterocycles. The van der Waals surface area contributed by atoms with Gasteiger partial charge in [-0.05, 0) is 6.54 Å². The molecule has 0 aromatic rings. The summed E-state index contributed by atoms with van der Waals surface area (Å²) >= 11 is 0. The van der Waals surface area contributed by atoms with Crippen LogP contribution in [0.2, 0.25) is 0 Å². The van der Waals surface area contributed by atoms with E-state index in [0.29, 0.717) is 6.54 Å². The van der Waals surface area contributed by atoms with Crippen LogP contribution in [0.4, 0.5) is 0 Å². The third kappa shape index (κ3) is 2.22. The lowest BCUT2D eigenvalue weighted by Gasteiger charge is -2.40. The normalized spacial score (nSPS) is 43.9. The first-order chi connectivity index (χ1) is 6.61. The van der Waals surface area contributed by atoms with Gasteiger partial charge in [-0.2, -0.15) is 0 Å². The average Bonchev–Trinajstić information content (AvgIpc) is 2.19. The first-order valence-corrected chi connectivity index (χ1v) is 4.65. The van der Waals surface area contributed by atoms with Crippen LogP contribution in [0.15, 0.2) is 0 Å². The minimum absolute atomic E-state index is 0.396. The largest absolute Gasteiger partial charge is 0.394 e. The van der Waals surface area contributed by atoms with Crippen molar-refractivity contribution in [1.82, 2.24) is 5.32 Å². The summed E-state index contributed by atoms with van der Waals surface area (Å²) in [5.41, 5.74) is 0. The monoisotopic (exact) mass is 207 g/mol. The van der Waals surface area contributed by atoms with E-state index in [9.17, 15) is 15.3 Å². The predicted molar refractivity (Wildman–Crippen MR) is 47.4 cm³/mol. The van der Waals surface area contributed by atoms with Crippen molar-refractivity contribution < 1.29 is 25.2 Å². The molecular weight excluding hydrogens is 190 g/mol. The highest BCUT2D eigenvalue weighted by molar-refractivity contribution is 4.90. The van der Waals surface area contributed by atoms with Crippen molar-refractivity contribution in [2.75, 3.05) is 13.2 Å². The average molecular weight is 207 g/mol. The summed E-state index contributed by atoms with van der Waals surface area (Å²) in [6.45, 7) is 1.98. The molecule has 0 unspecified atom stereocenters. The van der Waals surface area contributed by atoms with Gasteiger partial charge in [0.15, 0.2) is 0 Å². The van der Waals surface area contributed by atoms with Gasteiger partial charge in [0.25, 0.3) is 0 Å². The number of aliphatic hydroxyl groups excluding tert-OH is 4. The molecule has 14 heavy (non-hydrogen) atoms. The molecule has 0 aliphatic carbocycles. The summed E-state index contributed by atoms with van der Waals surface area (Å²) in [6, 6.07) is 0. The number of ether oxygens (including phenoxy) is 1. The molecule has 5 N–H and O–H groups in total. The van der Waals surface area contributed by atoms with Gasteiger partial charge in [0, 0.05) is 0 Å². The lowest BCUT2D eigenvalue weighted by molar-refractivity contribution is -0.236. The van der Waals surface area contributed by atoms with Gasteiger partial charge < -0.3 is 25.2 Å². The van der Waals surface area contributed by atoms with Crippen molar-refractivity contribution in [2.45, 2.75) is 37.6 Å². The Morgan fingerprint density at radius 3 is 2.29 bits per heavy atom. The summed E-state index contributed by atoms with van der Waals surface area (Å²) in [6.07, 6.45) is -5.37. The number of aliphatic hydroxyl groups is 4. The Kier molecular flexibility index (Phi) is 4.24. The van der Waals surface area contributed by atoms with Crippen LogP contribution in [-0.2, 0) is 4.74 Å². The summed E-state index contributed by atoms with van der Waals surface area (Å²) in [4.78, 5) is 0. The van der Waals surface area contributed by atoms with Crippen LogP contribution in [0.3, 0.4) is 0 Å². The quantitative estimate of drug-likeness (QED) is 0.348. The third-order valence-electron chi connectivity index (χ3n) is 2.30. The van der Waals surface area contributed by atoms with E-state index in [2.05, 4.69) is 5.32 Å². The predicted octanol–water partition coefficient (Wildman–Crippen LogP) is -2.60. The molecule has 0 saturated carbocycles. The molecule has 84 valence electrons. The van der Waals surface area contributed by atoms with E-state index in [4.69, 9.17) is 9.84 Å². The fourth-order valence-electron chi connectivity index (χ4n) is 1.47. The van der Waals surface area contributed by atoms with Crippen molar-refractivity contribution in [3.8, 4) is 0 Å². The maximum Gasteiger partial charge on any atom is 0.137 e. The standard InChI is InChI=1S/C8H17NO5/c1-2-9-8-7(13)6(12)5(11)4(3-10)14-8/h4-13H,2-3H2,1H3/t4-,5-,6+,7-,8+/m1/s1. The van der Waals surface area contributed by atoms with Gasteiger partial charge in [-0.25, -0.2) is 0 Å². The van der Waals surface area contributed by atoms with Crippen molar-refractivity contribution in [3.63, 3.8) is 0 Å². The molecule has 5 atom stereocenters. The van der Waals surface area contributed by atoms with Gasteiger partial charge in [0.05, 0.1) is 6.61 Å². The van der Waals surface area contributed by atoms with Crippen LogP contribution in [-0.4, -0.2) is 64.2 Å². The second-order valence-electron chi connectivity index (χ2n) is 3.31. The number of hydrogen-bond donors (Lipinski definition) is 5. The van der Waals surface area contributed by atoms with Crippen molar-refractivity contribution in [2.24, 2.45) is 0 Å². The molecular formula is C8H17NO5.